The zero-order chi connectivity index (χ0) is 12.5. The van der Waals surface area contributed by atoms with E-state index >= 15 is 0 Å². The second-order valence-corrected chi connectivity index (χ2v) is 4.74. The summed E-state index contributed by atoms with van der Waals surface area (Å²) in [5, 5.41) is 9.45. The van der Waals surface area contributed by atoms with E-state index in [0.29, 0.717) is 0 Å². The quantitative estimate of drug-likeness (QED) is 0.876. The van der Waals surface area contributed by atoms with Crippen molar-refractivity contribution in [2.24, 2.45) is 0 Å². The summed E-state index contributed by atoms with van der Waals surface area (Å²) in [6, 6.07) is 12.4. The Balaban J connectivity index is 1.82. The van der Waals surface area contributed by atoms with Crippen LogP contribution in [0.15, 0.2) is 42.6 Å². The van der Waals surface area contributed by atoms with Gasteiger partial charge in [0.2, 0.25) is 0 Å². The maximum atomic E-state index is 9.45. The smallest absolute Gasteiger partial charge is 0.0931 e. The lowest BCUT2D eigenvalue weighted by Crippen LogP contribution is -2.14. The number of hydrogen-bond donors (Lipinski definition) is 1. The van der Waals surface area contributed by atoms with E-state index in [1.165, 1.54) is 11.1 Å². The number of aliphatic hydroxyl groups excluding tert-OH is 1. The van der Waals surface area contributed by atoms with Crippen LogP contribution in [0.25, 0.3) is 0 Å². The number of fused-ring (bicyclic) bond motifs is 1. The van der Waals surface area contributed by atoms with Crippen molar-refractivity contribution in [2.45, 2.75) is 26.1 Å². The molecular formula is C15H16N2O. The molecule has 3 heteroatoms. The molecule has 0 bridgehead atoms. The van der Waals surface area contributed by atoms with Gasteiger partial charge in [-0.25, -0.2) is 0 Å². The number of nitrogens with zero attached hydrogens (tertiary/aromatic N) is 2. The molecule has 1 N–H and O–H groups in total. The van der Waals surface area contributed by atoms with Gasteiger partial charge in [-0.3, -0.25) is 4.98 Å². The summed E-state index contributed by atoms with van der Waals surface area (Å²) < 4.78 is 0. The molecule has 0 fully saturated rings. The SMILES string of the molecule is CC(O)c1ccc(N2Cc3ccccc3C2)cn1. The van der Waals surface area contributed by atoms with Crippen LogP contribution in [0.1, 0.15) is 29.8 Å². The minimum atomic E-state index is -0.505. The molecule has 3 rings (SSSR count). The largest absolute Gasteiger partial charge is 0.387 e. The molecule has 0 saturated carbocycles. The van der Waals surface area contributed by atoms with Gasteiger partial charge in [0, 0.05) is 13.1 Å². The van der Waals surface area contributed by atoms with E-state index in [-0.39, 0.29) is 0 Å². The van der Waals surface area contributed by atoms with Crippen LogP contribution < -0.4 is 4.90 Å². The third-order valence-corrected chi connectivity index (χ3v) is 3.40. The summed E-state index contributed by atoms with van der Waals surface area (Å²) in [5.41, 5.74) is 4.60. The van der Waals surface area contributed by atoms with E-state index in [1.807, 2.05) is 18.3 Å². The van der Waals surface area contributed by atoms with Crippen molar-refractivity contribution in [1.29, 1.82) is 0 Å². The number of aromatic nitrogens is 1. The minimum Gasteiger partial charge on any atom is -0.387 e. The van der Waals surface area contributed by atoms with Gasteiger partial charge in [-0.2, -0.15) is 0 Å². The van der Waals surface area contributed by atoms with Crippen LogP contribution in [0.4, 0.5) is 5.69 Å². The van der Waals surface area contributed by atoms with Crippen LogP contribution in [0.3, 0.4) is 0 Å². The number of rotatable bonds is 2. The Morgan fingerprint density at radius 3 is 2.28 bits per heavy atom. The van der Waals surface area contributed by atoms with Crippen LogP contribution in [0.5, 0.6) is 0 Å². The van der Waals surface area contributed by atoms with E-state index in [9.17, 15) is 5.11 Å². The molecule has 1 aliphatic rings. The topological polar surface area (TPSA) is 36.4 Å². The Labute approximate surface area is 107 Å². The van der Waals surface area contributed by atoms with Gasteiger partial charge in [-0.1, -0.05) is 24.3 Å². The molecule has 1 atom stereocenters. The highest BCUT2D eigenvalue weighted by molar-refractivity contribution is 5.50. The lowest BCUT2D eigenvalue weighted by Gasteiger charge is -2.17. The molecule has 3 nitrogen and oxygen atoms in total. The summed E-state index contributed by atoms with van der Waals surface area (Å²) in [7, 11) is 0. The fraction of sp³-hybridized carbons (Fsp3) is 0.267. The van der Waals surface area contributed by atoms with Crippen molar-refractivity contribution in [1.82, 2.24) is 4.98 Å². The molecule has 2 heterocycles. The molecule has 0 amide bonds. The zero-order valence-corrected chi connectivity index (χ0v) is 10.4. The number of hydrogen-bond acceptors (Lipinski definition) is 3. The first-order chi connectivity index (χ1) is 8.74. The number of pyridine rings is 1. The Morgan fingerprint density at radius 2 is 1.78 bits per heavy atom. The van der Waals surface area contributed by atoms with Crippen molar-refractivity contribution < 1.29 is 5.11 Å². The third-order valence-electron chi connectivity index (χ3n) is 3.40. The zero-order valence-electron chi connectivity index (χ0n) is 10.4. The molecule has 92 valence electrons. The highest BCUT2D eigenvalue weighted by atomic mass is 16.3. The van der Waals surface area contributed by atoms with Crippen molar-refractivity contribution in [3.63, 3.8) is 0 Å². The van der Waals surface area contributed by atoms with Crippen LogP contribution in [-0.4, -0.2) is 10.1 Å². The Kier molecular flexibility index (Phi) is 2.76. The second kappa shape index (κ2) is 4.42. The molecule has 1 aromatic carbocycles. The van der Waals surface area contributed by atoms with Crippen molar-refractivity contribution in [2.75, 3.05) is 4.90 Å². The van der Waals surface area contributed by atoms with Gasteiger partial charge in [0.05, 0.1) is 23.7 Å². The first kappa shape index (κ1) is 11.2. The van der Waals surface area contributed by atoms with E-state index in [4.69, 9.17) is 0 Å². The third kappa shape index (κ3) is 1.97. The van der Waals surface area contributed by atoms with Crippen LogP contribution >= 0.6 is 0 Å². The Morgan fingerprint density at radius 1 is 1.11 bits per heavy atom. The standard InChI is InChI=1S/C15H16N2O/c1-11(18)15-7-6-14(8-16-15)17-9-12-4-2-3-5-13(12)10-17/h2-8,11,18H,9-10H2,1H3. The van der Waals surface area contributed by atoms with Crippen LogP contribution in [-0.2, 0) is 13.1 Å². The molecule has 0 saturated heterocycles. The lowest BCUT2D eigenvalue weighted by atomic mass is 10.1. The van der Waals surface area contributed by atoms with E-state index in [1.54, 1.807) is 6.92 Å². The van der Waals surface area contributed by atoms with Crippen LogP contribution in [0.2, 0.25) is 0 Å². The van der Waals surface area contributed by atoms with E-state index < -0.39 is 6.10 Å². The average Bonchev–Trinajstić information content (AvgIpc) is 2.82. The van der Waals surface area contributed by atoms with Gasteiger partial charge in [0.25, 0.3) is 0 Å². The van der Waals surface area contributed by atoms with Gasteiger partial charge < -0.3 is 10.0 Å². The Hall–Kier alpha value is -1.87. The van der Waals surface area contributed by atoms with Gasteiger partial charge in [-0.05, 0) is 30.2 Å². The van der Waals surface area contributed by atoms with E-state index in [0.717, 1.165) is 24.5 Å². The molecular weight excluding hydrogens is 224 g/mol. The number of aliphatic hydroxyl groups is 1. The maximum absolute atomic E-state index is 9.45. The summed E-state index contributed by atoms with van der Waals surface area (Å²) in [5.74, 6) is 0. The molecule has 0 aliphatic carbocycles. The molecule has 2 aromatic rings. The van der Waals surface area contributed by atoms with Crippen molar-refractivity contribution in [3.8, 4) is 0 Å². The van der Waals surface area contributed by atoms with Gasteiger partial charge in [-0.15, -0.1) is 0 Å². The summed E-state index contributed by atoms with van der Waals surface area (Å²) in [6.07, 6.45) is 1.34. The molecule has 0 spiro atoms. The summed E-state index contributed by atoms with van der Waals surface area (Å²) in [6.45, 7) is 3.60. The molecule has 0 radical (unpaired) electrons. The van der Waals surface area contributed by atoms with Gasteiger partial charge >= 0.3 is 0 Å². The first-order valence-electron chi connectivity index (χ1n) is 6.20. The molecule has 1 aliphatic heterocycles. The highest BCUT2D eigenvalue weighted by Crippen LogP contribution is 2.27. The molecule has 1 aromatic heterocycles. The minimum absolute atomic E-state index is 0.505. The predicted molar refractivity (Wildman–Crippen MR) is 71.2 cm³/mol. The molecule has 18 heavy (non-hydrogen) atoms. The summed E-state index contributed by atoms with van der Waals surface area (Å²) in [4.78, 5) is 6.59. The normalized spacial score (nSPS) is 15.6. The first-order valence-corrected chi connectivity index (χ1v) is 6.20. The fourth-order valence-electron chi connectivity index (χ4n) is 2.35. The van der Waals surface area contributed by atoms with Crippen molar-refractivity contribution in [3.05, 3.63) is 59.4 Å². The second-order valence-electron chi connectivity index (χ2n) is 4.74. The van der Waals surface area contributed by atoms with Gasteiger partial charge in [0.15, 0.2) is 0 Å². The summed E-state index contributed by atoms with van der Waals surface area (Å²) >= 11 is 0. The monoisotopic (exact) mass is 240 g/mol. The van der Waals surface area contributed by atoms with Crippen LogP contribution in [0, 0.1) is 0 Å². The lowest BCUT2D eigenvalue weighted by molar-refractivity contribution is 0.194. The highest BCUT2D eigenvalue weighted by Gasteiger charge is 2.18. The predicted octanol–water partition coefficient (Wildman–Crippen LogP) is 2.66. The average molecular weight is 240 g/mol. The number of benzene rings is 1. The maximum Gasteiger partial charge on any atom is 0.0931 e. The number of anilines is 1. The van der Waals surface area contributed by atoms with E-state index in [2.05, 4.69) is 34.1 Å². The Bertz CT molecular complexity index is 524. The van der Waals surface area contributed by atoms with Crippen molar-refractivity contribution >= 4 is 5.69 Å². The fourth-order valence-corrected chi connectivity index (χ4v) is 2.35. The van der Waals surface area contributed by atoms with Gasteiger partial charge in [0.1, 0.15) is 0 Å². The molecule has 1 unspecified atom stereocenters.